The highest BCUT2D eigenvalue weighted by atomic mass is 16.5. The molecule has 0 aromatic heterocycles. The van der Waals surface area contributed by atoms with Gasteiger partial charge in [0, 0.05) is 12.8 Å². The van der Waals surface area contributed by atoms with Gasteiger partial charge in [-0.15, -0.1) is 0 Å². The normalized spacial score (nSPS) is 12.6. The van der Waals surface area contributed by atoms with E-state index in [0.717, 1.165) is 44.9 Å². The molecule has 0 aromatic carbocycles. The number of aliphatic hydroxyl groups excluding tert-OH is 2. The fourth-order valence-corrected chi connectivity index (χ4v) is 12.3. The molecule has 6 nitrogen and oxygen atoms in total. The Labute approximate surface area is 526 Å². The fourth-order valence-electron chi connectivity index (χ4n) is 12.3. The number of hydrogen-bond donors (Lipinski definition) is 3. The number of rotatable bonds is 73. The van der Waals surface area contributed by atoms with Gasteiger partial charge in [0.1, 0.15) is 0 Å². The number of amides is 1. The molecule has 0 heterocycles. The first-order chi connectivity index (χ1) is 41.5. The van der Waals surface area contributed by atoms with Crippen molar-refractivity contribution in [3.05, 3.63) is 24.3 Å². The minimum atomic E-state index is -0.663. The predicted molar refractivity (Wildman–Crippen MR) is 370 cm³/mol. The van der Waals surface area contributed by atoms with Gasteiger partial charge < -0.3 is 20.3 Å². The summed E-state index contributed by atoms with van der Waals surface area (Å²) in [4.78, 5) is 24.6. The molecule has 0 aliphatic rings. The van der Waals surface area contributed by atoms with Crippen molar-refractivity contribution >= 4 is 11.9 Å². The number of allylic oxidation sites excluding steroid dienone is 4. The van der Waals surface area contributed by atoms with E-state index in [1.54, 1.807) is 0 Å². The molecular formula is C78H151NO5. The van der Waals surface area contributed by atoms with Crippen molar-refractivity contribution in [2.24, 2.45) is 0 Å². The standard InChI is InChI=1S/C78H151NO5/c1-3-5-7-9-11-13-15-17-19-20-21-37-40-43-46-50-54-58-62-66-70-76(81)75(74-80)79-77(82)71-67-63-59-55-51-47-44-41-38-35-33-31-29-27-25-23-22-24-26-28-30-32-34-36-39-42-45-49-53-57-61-65-69-73-84-78(83)72-68-64-60-56-52-48-18-16-14-12-10-8-6-4-2/h16,18,26,28,75-76,80-81H,3-15,17,19-25,27,29-74H2,1-2H3,(H,79,82)/b18-16-,28-26-. The van der Waals surface area contributed by atoms with Crippen LogP contribution in [-0.2, 0) is 14.3 Å². The molecule has 0 fully saturated rings. The zero-order valence-electron chi connectivity index (χ0n) is 57.2. The molecule has 498 valence electrons. The first kappa shape index (κ1) is 82.3. The molecular weight excluding hydrogens is 1030 g/mol. The van der Waals surface area contributed by atoms with Gasteiger partial charge in [0.25, 0.3) is 0 Å². The van der Waals surface area contributed by atoms with Gasteiger partial charge in [0.05, 0.1) is 25.4 Å². The number of carbonyl (C=O) groups excluding carboxylic acids is 2. The topological polar surface area (TPSA) is 95.9 Å². The third kappa shape index (κ3) is 69.4. The minimum Gasteiger partial charge on any atom is -0.466 e. The van der Waals surface area contributed by atoms with E-state index >= 15 is 0 Å². The summed E-state index contributed by atoms with van der Waals surface area (Å²) in [6, 6.07) is -0.540. The lowest BCUT2D eigenvalue weighted by Crippen LogP contribution is -2.45. The third-order valence-corrected chi connectivity index (χ3v) is 18.2. The SMILES string of the molecule is CCCCCCC/C=C\CCCCCCCC(=O)OCCCCCCCCCCCCCC/C=C\CCCCCCCCCCCCCCCCCCCC(=O)NC(CO)C(O)CCCCCCCCCCCCCCCCCCCCCC. The molecule has 2 unspecified atom stereocenters. The second-order valence-corrected chi connectivity index (χ2v) is 26.7. The van der Waals surface area contributed by atoms with Gasteiger partial charge in [-0.3, -0.25) is 9.59 Å². The molecule has 0 spiro atoms. The maximum absolute atomic E-state index is 12.6. The summed E-state index contributed by atoms with van der Waals surface area (Å²) in [5.41, 5.74) is 0. The summed E-state index contributed by atoms with van der Waals surface area (Å²) in [6.07, 6.45) is 94.0. The number of nitrogens with one attached hydrogen (secondary N) is 1. The average molecular weight is 1180 g/mol. The Balaban J connectivity index is 3.35. The van der Waals surface area contributed by atoms with Crippen molar-refractivity contribution in [2.75, 3.05) is 13.2 Å². The number of hydrogen-bond acceptors (Lipinski definition) is 5. The lowest BCUT2D eigenvalue weighted by atomic mass is 10.0. The maximum atomic E-state index is 12.6. The summed E-state index contributed by atoms with van der Waals surface area (Å²) in [7, 11) is 0. The molecule has 0 saturated heterocycles. The first-order valence-corrected chi connectivity index (χ1v) is 38.6. The maximum Gasteiger partial charge on any atom is 0.305 e. The van der Waals surface area contributed by atoms with Gasteiger partial charge in [0.15, 0.2) is 0 Å². The van der Waals surface area contributed by atoms with E-state index in [1.807, 2.05) is 0 Å². The van der Waals surface area contributed by atoms with E-state index in [0.29, 0.717) is 25.9 Å². The number of esters is 1. The van der Waals surface area contributed by atoms with E-state index < -0.39 is 12.1 Å². The van der Waals surface area contributed by atoms with E-state index in [1.165, 1.54) is 360 Å². The highest BCUT2D eigenvalue weighted by Gasteiger charge is 2.20. The quantitative estimate of drug-likeness (QED) is 0.0320. The summed E-state index contributed by atoms with van der Waals surface area (Å²) in [5, 5.41) is 23.4. The Hall–Kier alpha value is -1.66. The van der Waals surface area contributed by atoms with Crippen LogP contribution < -0.4 is 5.32 Å². The molecule has 6 heteroatoms. The van der Waals surface area contributed by atoms with E-state index in [9.17, 15) is 19.8 Å². The molecule has 0 aromatic rings. The molecule has 0 aliphatic carbocycles. The zero-order chi connectivity index (χ0) is 60.6. The average Bonchev–Trinajstić information content (AvgIpc) is 3.51. The van der Waals surface area contributed by atoms with Crippen molar-refractivity contribution in [3.8, 4) is 0 Å². The minimum absolute atomic E-state index is 0.0110. The monoisotopic (exact) mass is 1180 g/mol. The van der Waals surface area contributed by atoms with Crippen LogP contribution in [-0.4, -0.2) is 47.4 Å². The lowest BCUT2D eigenvalue weighted by molar-refractivity contribution is -0.143. The number of ether oxygens (including phenoxy) is 1. The second kappa shape index (κ2) is 73.8. The van der Waals surface area contributed by atoms with Gasteiger partial charge in [-0.25, -0.2) is 0 Å². The van der Waals surface area contributed by atoms with Crippen LogP contribution in [0.3, 0.4) is 0 Å². The number of unbranched alkanes of at least 4 members (excludes halogenated alkanes) is 58. The Morgan fingerprint density at radius 2 is 0.560 bits per heavy atom. The molecule has 0 bridgehead atoms. The highest BCUT2D eigenvalue weighted by Crippen LogP contribution is 2.20. The van der Waals surface area contributed by atoms with Crippen molar-refractivity contribution < 1.29 is 24.5 Å². The Morgan fingerprint density at radius 1 is 0.321 bits per heavy atom. The zero-order valence-corrected chi connectivity index (χ0v) is 57.2. The van der Waals surface area contributed by atoms with Gasteiger partial charge in [0.2, 0.25) is 5.91 Å². The summed E-state index contributed by atoms with van der Waals surface area (Å²) in [5.74, 6) is -0.0160. The van der Waals surface area contributed by atoms with Crippen LogP contribution in [0.15, 0.2) is 24.3 Å². The second-order valence-electron chi connectivity index (χ2n) is 26.7. The molecule has 0 rings (SSSR count). The summed E-state index contributed by atoms with van der Waals surface area (Å²) >= 11 is 0. The summed E-state index contributed by atoms with van der Waals surface area (Å²) < 4.78 is 5.49. The van der Waals surface area contributed by atoms with Crippen molar-refractivity contribution in [3.63, 3.8) is 0 Å². The van der Waals surface area contributed by atoms with E-state index in [2.05, 4.69) is 43.5 Å². The Bertz CT molecular complexity index is 1320. The van der Waals surface area contributed by atoms with E-state index in [4.69, 9.17) is 4.74 Å². The molecule has 84 heavy (non-hydrogen) atoms. The van der Waals surface area contributed by atoms with Crippen LogP contribution in [0.1, 0.15) is 438 Å². The molecule has 0 saturated carbocycles. The lowest BCUT2D eigenvalue weighted by Gasteiger charge is -2.22. The van der Waals surface area contributed by atoms with E-state index in [-0.39, 0.29) is 18.5 Å². The molecule has 0 aliphatic heterocycles. The van der Waals surface area contributed by atoms with Gasteiger partial charge in [-0.2, -0.15) is 0 Å². The summed E-state index contributed by atoms with van der Waals surface area (Å²) in [6.45, 7) is 4.99. The highest BCUT2D eigenvalue weighted by molar-refractivity contribution is 5.76. The first-order valence-electron chi connectivity index (χ1n) is 38.6. The Morgan fingerprint density at radius 3 is 0.845 bits per heavy atom. The van der Waals surface area contributed by atoms with Gasteiger partial charge in [-0.05, 0) is 77.0 Å². The smallest absolute Gasteiger partial charge is 0.305 e. The van der Waals surface area contributed by atoms with Crippen LogP contribution in [0.25, 0.3) is 0 Å². The largest absolute Gasteiger partial charge is 0.466 e. The van der Waals surface area contributed by atoms with Gasteiger partial charge in [-0.1, -0.05) is 372 Å². The van der Waals surface area contributed by atoms with Crippen LogP contribution >= 0.6 is 0 Å². The van der Waals surface area contributed by atoms with Gasteiger partial charge >= 0.3 is 5.97 Å². The molecule has 0 radical (unpaired) electrons. The van der Waals surface area contributed by atoms with Crippen LogP contribution in [0, 0.1) is 0 Å². The van der Waals surface area contributed by atoms with Crippen LogP contribution in [0.2, 0.25) is 0 Å². The molecule has 2 atom stereocenters. The van der Waals surface area contributed by atoms with Crippen molar-refractivity contribution in [1.29, 1.82) is 0 Å². The molecule has 3 N–H and O–H groups in total. The van der Waals surface area contributed by atoms with Crippen molar-refractivity contribution in [1.82, 2.24) is 5.32 Å². The number of carbonyl (C=O) groups is 2. The predicted octanol–water partition coefficient (Wildman–Crippen LogP) is 25.3. The van der Waals surface area contributed by atoms with Crippen LogP contribution in [0.5, 0.6) is 0 Å². The van der Waals surface area contributed by atoms with Crippen molar-refractivity contribution in [2.45, 2.75) is 450 Å². The third-order valence-electron chi connectivity index (χ3n) is 18.2. The van der Waals surface area contributed by atoms with Crippen LogP contribution in [0.4, 0.5) is 0 Å². The fraction of sp³-hybridized carbons (Fsp3) is 0.923. The number of aliphatic hydroxyl groups is 2. The molecule has 1 amide bonds. The Kier molecular flexibility index (Phi) is 72.3.